The number of aromatic hydroxyl groups is 1. The van der Waals surface area contributed by atoms with E-state index < -0.39 is 60.8 Å². The fourth-order valence-electron chi connectivity index (χ4n) is 4.99. The Kier molecular flexibility index (Phi) is 9.63. The Labute approximate surface area is 246 Å². The van der Waals surface area contributed by atoms with Gasteiger partial charge in [-0.05, 0) is 55.2 Å². The summed E-state index contributed by atoms with van der Waals surface area (Å²) in [5, 5.41) is 39.3. The Bertz CT molecular complexity index is 1450. The van der Waals surface area contributed by atoms with Gasteiger partial charge < -0.3 is 39.5 Å². The molecule has 4 rings (SSSR count). The standard InChI is InChI=1S/C31H31NO11/c1-19(32(17-27(34)35)28(36)26-18-41-31(43-26,29(37)38)30(39)40)23(14-12-20-8-4-2-5-9-20)21-13-15-25(24(33)16-21)42-22-10-6-3-7-11-22/h2-11,13,15-16,19,23,26,33H,12,14,17-18H2,1H3,(H,34,35)(H,37,38)(H,39,40)/t19-,23+,26-/m0/s1. The predicted molar refractivity (Wildman–Crippen MR) is 150 cm³/mol. The SMILES string of the molecule is C[C@@H]([C@@H](CCc1ccccc1)c1ccc(Oc2ccccc2)c(O)c1)N(CC(=O)O)C(=O)[C@@H]1COC(C(=O)O)(C(=O)O)O1. The van der Waals surface area contributed by atoms with Gasteiger partial charge in [0.15, 0.2) is 17.6 Å². The Balaban J connectivity index is 1.65. The molecule has 3 aromatic rings. The molecule has 0 aliphatic carbocycles. The quantitative estimate of drug-likeness (QED) is 0.213. The molecule has 0 saturated carbocycles. The molecule has 1 aliphatic rings. The van der Waals surface area contributed by atoms with Gasteiger partial charge in [-0.3, -0.25) is 9.59 Å². The summed E-state index contributed by atoms with van der Waals surface area (Å²) >= 11 is 0. The topological polar surface area (TPSA) is 180 Å². The lowest BCUT2D eigenvalue weighted by atomic mass is 9.85. The molecule has 0 spiro atoms. The Morgan fingerprint density at radius 3 is 2.14 bits per heavy atom. The molecule has 226 valence electrons. The molecule has 1 heterocycles. The number of aryl methyl sites for hydroxylation is 1. The van der Waals surface area contributed by atoms with Crippen molar-refractivity contribution in [2.75, 3.05) is 13.2 Å². The number of carboxylic acids is 3. The molecular formula is C31H31NO11. The van der Waals surface area contributed by atoms with Gasteiger partial charge in [-0.25, -0.2) is 9.59 Å². The van der Waals surface area contributed by atoms with Crippen LogP contribution in [0.3, 0.4) is 0 Å². The van der Waals surface area contributed by atoms with Gasteiger partial charge in [0.05, 0.1) is 6.61 Å². The third kappa shape index (κ3) is 7.11. The second-order valence-electron chi connectivity index (χ2n) is 10.0. The molecule has 3 aromatic carbocycles. The van der Waals surface area contributed by atoms with Gasteiger partial charge in [0.1, 0.15) is 12.3 Å². The number of ether oxygens (including phenoxy) is 3. The van der Waals surface area contributed by atoms with E-state index in [4.69, 9.17) is 14.2 Å². The van der Waals surface area contributed by atoms with Gasteiger partial charge in [-0.2, -0.15) is 0 Å². The van der Waals surface area contributed by atoms with Crippen molar-refractivity contribution in [2.45, 2.75) is 43.6 Å². The van der Waals surface area contributed by atoms with E-state index in [1.807, 2.05) is 36.4 Å². The van der Waals surface area contributed by atoms with E-state index in [2.05, 4.69) is 0 Å². The monoisotopic (exact) mass is 593 g/mol. The number of aliphatic carboxylic acids is 3. The van der Waals surface area contributed by atoms with E-state index in [9.17, 15) is 39.6 Å². The third-order valence-corrected chi connectivity index (χ3v) is 7.22. The zero-order valence-electron chi connectivity index (χ0n) is 23.2. The van der Waals surface area contributed by atoms with Crippen LogP contribution in [0.15, 0.2) is 78.9 Å². The lowest BCUT2D eigenvalue weighted by molar-refractivity contribution is -0.218. The van der Waals surface area contributed by atoms with Crippen molar-refractivity contribution in [1.29, 1.82) is 0 Å². The minimum atomic E-state index is -3.09. The van der Waals surface area contributed by atoms with Crippen LogP contribution >= 0.6 is 0 Å². The normalized spacial score (nSPS) is 17.0. The maximum absolute atomic E-state index is 13.6. The van der Waals surface area contributed by atoms with Gasteiger partial charge >= 0.3 is 23.7 Å². The number of hydrogen-bond donors (Lipinski definition) is 4. The van der Waals surface area contributed by atoms with Crippen LogP contribution in [-0.4, -0.2) is 80.2 Å². The largest absolute Gasteiger partial charge is 0.504 e. The molecule has 0 aromatic heterocycles. The average Bonchev–Trinajstić information content (AvgIpc) is 3.45. The second kappa shape index (κ2) is 13.4. The Morgan fingerprint density at radius 1 is 0.953 bits per heavy atom. The molecule has 1 aliphatic heterocycles. The third-order valence-electron chi connectivity index (χ3n) is 7.22. The first-order valence-electron chi connectivity index (χ1n) is 13.4. The number of benzene rings is 3. The Morgan fingerprint density at radius 2 is 1.58 bits per heavy atom. The van der Waals surface area contributed by atoms with Crippen molar-refractivity contribution in [3.63, 3.8) is 0 Å². The highest BCUT2D eigenvalue weighted by Gasteiger charge is 2.58. The van der Waals surface area contributed by atoms with Gasteiger partial charge in [0.25, 0.3) is 5.91 Å². The fourth-order valence-corrected chi connectivity index (χ4v) is 4.99. The Hall–Kier alpha value is -4.94. The summed E-state index contributed by atoms with van der Waals surface area (Å²) in [6.45, 7) is 0.136. The highest BCUT2D eigenvalue weighted by atomic mass is 16.8. The molecule has 1 fully saturated rings. The first kappa shape index (κ1) is 31.0. The molecule has 43 heavy (non-hydrogen) atoms. The van der Waals surface area contributed by atoms with Crippen LogP contribution in [0.4, 0.5) is 0 Å². The molecule has 3 atom stereocenters. The molecule has 0 unspecified atom stereocenters. The average molecular weight is 594 g/mol. The van der Waals surface area contributed by atoms with Crippen LogP contribution in [0.5, 0.6) is 17.2 Å². The minimum Gasteiger partial charge on any atom is -0.504 e. The fraction of sp³-hybridized carbons (Fsp3) is 0.290. The summed E-state index contributed by atoms with van der Waals surface area (Å²) in [7, 11) is 0. The number of hydrogen-bond acceptors (Lipinski definition) is 8. The lowest BCUT2D eigenvalue weighted by Gasteiger charge is -2.35. The molecule has 1 amide bonds. The van der Waals surface area contributed by atoms with E-state index in [1.54, 1.807) is 43.3 Å². The van der Waals surface area contributed by atoms with Crippen molar-refractivity contribution in [3.05, 3.63) is 90.0 Å². The maximum Gasteiger partial charge on any atom is 0.377 e. The van der Waals surface area contributed by atoms with Gasteiger partial charge in [0, 0.05) is 12.0 Å². The predicted octanol–water partition coefficient (Wildman–Crippen LogP) is 3.48. The zero-order chi connectivity index (χ0) is 31.1. The molecule has 0 bridgehead atoms. The number of phenols is 1. The summed E-state index contributed by atoms with van der Waals surface area (Å²) in [5.74, 6) is -9.31. The summed E-state index contributed by atoms with van der Waals surface area (Å²) in [5.41, 5.74) is 1.57. The van der Waals surface area contributed by atoms with Crippen LogP contribution in [0, 0.1) is 0 Å². The summed E-state index contributed by atoms with van der Waals surface area (Å²) < 4.78 is 15.8. The van der Waals surface area contributed by atoms with Crippen LogP contribution in [0.2, 0.25) is 0 Å². The number of carboxylic acid groups (broad SMARTS) is 3. The number of nitrogens with zero attached hydrogens (tertiary/aromatic N) is 1. The number of amides is 1. The van der Waals surface area contributed by atoms with Crippen molar-refractivity contribution < 1.29 is 53.8 Å². The smallest absolute Gasteiger partial charge is 0.377 e. The van der Waals surface area contributed by atoms with Gasteiger partial charge in [-0.15, -0.1) is 0 Å². The van der Waals surface area contributed by atoms with E-state index in [0.29, 0.717) is 24.2 Å². The van der Waals surface area contributed by atoms with Crippen molar-refractivity contribution in [1.82, 2.24) is 4.90 Å². The van der Waals surface area contributed by atoms with Crippen molar-refractivity contribution >= 4 is 23.8 Å². The molecular weight excluding hydrogens is 562 g/mol. The van der Waals surface area contributed by atoms with E-state index in [0.717, 1.165) is 10.5 Å². The summed E-state index contributed by atoms with van der Waals surface area (Å²) in [4.78, 5) is 49.7. The van der Waals surface area contributed by atoms with Gasteiger partial charge in [0.2, 0.25) is 0 Å². The summed E-state index contributed by atoms with van der Waals surface area (Å²) in [6, 6.07) is 22.3. The summed E-state index contributed by atoms with van der Waals surface area (Å²) in [6.07, 6.45) is -0.722. The first-order valence-corrected chi connectivity index (χ1v) is 13.4. The molecule has 0 radical (unpaired) electrons. The van der Waals surface area contributed by atoms with Gasteiger partial charge in [-0.1, -0.05) is 54.6 Å². The van der Waals surface area contributed by atoms with Crippen molar-refractivity contribution in [2.24, 2.45) is 0 Å². The lowest BCUT2D eigenvalue weighted by Crippen LogP contribution is -2.52. The van der Waals surface area contributed by atoms with Crippen LogP contribution < -0.4 is 4.74 Å². The molecule has 4 N–H and O–H groups in total. The zero-order valence-corrected chi connectivity index (χ0v) is 23.2. The van der Waals surface area contributed by atoms with E-state index in [-0.39, 0.29) is 11.5 Å². The number of carbonyl (C=O) groups excluding carboxylic acids is 1. The first-order chi connectivity index (χ1) is 20.5. The number of para-hydroxylation sites is 1. The van der Waals surface area contributed by atoms with Crippen LogP contribution in [0.25, 0.3) is 0 Å². The highest BCUT2D eigenvalue weighted by Crippen LogP contribution is 2.37. The van der Waals surface area contributed by atoms with E-state index >= 15 is 0 Å². The molecule has 12 heteroatoms. The van der Waals surface area contributed by atoms with Crippen LogP contribution in [0.1, 0.15) is 30.4 Å². The number of rotatable bonds is 13. The maximum atomic E-state index is 13.6. The second-order valence-corrected chi connectivity index (χ2v) is 10.0. The number of carbonyl (C=O) groups is 4. The number of phenolic OH excluding ortho intramolecular Hbond substituents is 1. The molecule has 12 nitrogen and oxygen atoms in total. The van der Waals surface area contributed by atoms with Crippen molar-refractivity contribution in [3.8, 4) is 17.2 Å². The van der Waals surface area contributed by atoms with Crippen LogP contribution in [-0.2, 0) is 35.1 Å². The molecule has 1 saturated heterocycles. The van der Waals surface area contributed by atoms with E-state index in [1.165, 1.54) is 6.07 Å². The minimum absolute atomic E-state index is 0.172. The highest BCUT2D eigenvalue weighted by molar-refractivity contribution is 6.01.